The fourth-order valence-corrected chi connectivity index (χ4v) is 2.72. The zero-order chi connectivity index (χ0) is 15.4. The van der Waals surface area contributed by atoms with Crippen molar-refractivity contribution in [3.63, 3.8) is 0 Å². The third-order valence-electron chi connectivity index (χ3n) is 4.02. The second-order valence-electron chi connectivity index (χ2n) is 6.61. The number of aromatic nitrogens is 2. The number of nitrogens with one attached hydrogen (secondary N) is 1. The van der Waals surface area contributed by atoms with Crippen LogP contribution in [0.15, 0.2) is 6.20 Å². The van der Waals surface area contributed by atoms with Crippen LogP contribution in [0.1, 0.15) is 32.0 Å². The van der Waals surface area contributed by atoms with Gasteiger partial charge in [0.2, 0.25) is 5.95 Å². The molecule has 0 bridgehead atoms. The smallest absolute Gasteiger partial charge is 0.225 e. The molecule has 0 aromatic carbocycles. The van der Waals surface area contributed by atoms with Crippen LogP contribution in [0.5, 0.6) is 0 Å². The molecule has 1 aliphatic rings. The van der Waals surface area contributed by atoms with Crippen LogP contribution in [0.25, 0.3) is 0 Å². The first kappa shape index (κ1) is 16.2. The van der Waals surface area contributed by atoms with E-state index in [9.17, 15) is 0 Å². The van der Waals surface area contributed by atoms with Gasteiger partial charge in [-0.05, 0) is 33.4 Å². The molecule has 2 rings (SSSR count). The van der Waals surface area contributed by atoms with E-state index in [4.69, 9.17) is 4.98 Å². The van der Waals surface area contributed by atoms with Gasteiger partial charge in [-0.2, -0.15) is 0 Å². The molecule has 0 saturated carbocycles. The van der Waals surface area contributed by atoms with Crippen LogP contribution in [0, 0.1) is 12.8 Å². The highest BCUT2D eigenvalue weighted by molar-refractivity contribution is 5.35. The molecule has 2 heterocycles. The summed E-state index contributed by atoms with van der Waals surface area (Å²) in [5, 5.41) is 3.46. The molecule has 118 valence electrons. The molecule has 0 radical (unpaired) electrons. The summed E-state index contributed by atoms with van der Waals surface area (Å²) in [6.07, 6.45) is 1.98. The maximum Gasteiger partial charge on any atom is 0.225 e. The molecule has 5 nitrogen and oxygen atoms in total. The molecule has 1 aromatic rings. The largest absolute Gasteiger partial charge is 0.336 e. The molecule has 1 atom stereocenters. The van der Waals surface area contributed by atoms with Crippen molar-refractivity contribution in [1.82, 2.24) is 20.2 Å². The van der Waals surface area contributed by atoms with Crippen molar-refractivity contribution in [2.45, 2.75) is 40.3 Å². The first-order valence-electron chi connectivity index (χ1n) is 7.95. The highest BCUT2D eigenvalue weighted by Gasteiger charge is 2.23. The summed E-state index contributed by atoms with van der Waals surface area (Å²) in [5.74, 6) is 1.54. The molecule has 0 spiro atoms. The minimum Gasteiger partial charge on any atom is -0.336 e. The third-order valence-corrected chi connectivity index (χ3v) is 4.02. The van der Waals surface area contributed by atoms with Crippen LogP contribution in [0.2, 0.25) is 0 Å². The van der Waals surface area contributed by atoms with Gasteiger partial charge in [-0.3, -0.25) is 0 Å². The molecule has 1 unspecified atom stereocenters. The van der Waals surface area contributed by atoms with E-state index in [0.29, 0.717) is 12.0 Å². The number of anilines is 1. The Labute approximate surface area is 128 Å². The summed E-state index contributed by atoms with van der Waals surface area (Å²) in [5.41, 5.74) is 2.28. The number of aryl methyl sites for hydroxylation is 1. The predicted octanol–water partition coefficient (Wildman–Crippen LogP) is 1.67. The molecule has 5 heteroatoms. The Bertz CT molecular complexity index is 460. The van der Waals surface area contributed by atoms with Crippen LogP contribution in [0.3, 0.4) is 0 Å². The minimum atomic E-state index is 0.466. The summed E-state index contributed by atoms with van der Waals surface area (Å²) in [4.78, 5) is 14.0. The van der Waals surface area contributed by atoms with E-state index in [1.54, 1.807) is 0 Å². The van der Waals surface area contributed by atoms with Crippen molar-refractivity contribution >= 4 is 5.95 Å². The second kappa shape index (κ2) is 7.18. The molecule has 1 saturated heterocycles. The second-order valence-corrected chi connectivity index (χ2v) is 6.61. The van der Waals surface area contributed by atoms with E-state index < -0.39 is 0 Å². The van der Waals surface area contributed by atoms with E-state index in [2.05, 4.69) is 54.8 Å². The van der Waals surface area contributed by atoms with Crippen LogP contribution in [0.4, 0.5) is 5.95 Å². The lowest BCUT2D eigenvalue weighted by molar-refractivity contribution is 0.273. The lowest BCUT2D eigenvalue weighted by Crippen LogP contribution is -2.51. The van der Waals surface area contributed by atoms with Crippen LogP contribution >= 0.6 is 0 Å². The highest BCUT2D eigenvalue weighted by atomic mass is 15.3. The molecule has 1 aliphatic heterocycles. The third kappa shape index (κ3) is 4.38. The van der Waals surface area contributed by atoms with Crippen LogP contribution in [-0.4, -0.2) is 54.1 Å². The molecule has 1 fully saturated rings. The van der Waals surface area contributed by atoms with Gasteiger partial charge in [-0.25, -0.2) is 9.97 Å². The zero-order valence-corrected chi connectivity index (χ0v) is 14.1. The van der Waals surface area contributed by atoms with Crippen LogP contribution in [-0.2, 0) is 6.54 Å². The standard InChI is InChI=1S/C16H29N5/c1-12(2)8-17-9-15-10-18-16(19-14(15)4)21-7-6-20(5)11-13(21)3/h10,12-13,17H,6-9,11H2,1-5H3. The molecule has 1 aromatic heterocycles. The molecule has 0 aliphatic carbocycles. The summed E-state index contributed by atoms with van der Waals surface area (Å²) < 4.78 is 0. The van der Waals surface area contributed by atoms with Gasteiger partial charge in [0.1, 0.15) is 0 Å². The van der Waals surface area contributed by atoms with Crippen molar-refractivity contribution in [2.24, 2.45) is 5.92 Å². The molecular formula is C16H29N5. The van der Waals surface area contributed by atoms with E-state index in [1.165, 1.54) is 5.56 Å². The average Bonchev–Trinajstić information content (AvgIpc) is 2.40. The van der Waals surface area contributed by atoms with E-state index in [1.807, 2.05) is 6.20 Å². The molecule has 0 amide bonds. The topological polar surface area (TPSA) is 44.3 Å². The number of hydrogen-bond acceptors (Lipinski definition) is 5. The predicted molar refractivity (Wildman–Crippen MR) is 87.6 cm³/mol. The summed E-state index contributed by atoms with van der Waals surface area (Å²) in [6.45, 7) is 13.8. The Balaban J connectivity index is 2.01. The first-order valence-corrected chi connectivity index (χ1v) is 7.95. The van der Waals surface area contributed by atoms with Crippen molar-refractivity contribution in [3.8, 4) is 0 Å². The summed E-state index contributed by atoms with van der Waals surface area (Å²) >= 11 is 0. The number of nitrogens with zero attached hydrogens (tertiary/aromatic N) is 4. The lowest BCUT2D eigenvalue weighted by Gasteiger charge is -2.38. The van der Waals surface area contributed by atoms with Crippen molar-refractivity contribution in [2.75, 3.05) is 38.1 Å². The van der Waals surface area contributed by atoms with Crippen molar-refractivity contribution < 1.29 is 0 Å². The quantitative estimate of drug-likeness (QED) is 0.894. The van der Waals surface area contributed by atoms with Gasteiger partial charge < -0.3 is 15.1 Å². The maximum absolute atomic E-state index is 4.73. The van der Waals surface area contributed by atoms with Gasteiger partial charge in [0.25, 0.3) is 0 Å². The Morgan fingerprint density at radius 1 is 1.38 bits per heavy atom. The van der Waals surface area contributed by atoms with E-state index in [0.717, 1.165) is 44.4 Å². The lowest BCUT2D eigenvalue weighted by atomic mass is 10.2. The number of hydrogen-bond donors (Lipinski definition) is 1. The monoisotopic (exact) mass is 291 g/mol. The summed E-state index contributed by atoms with van der Waals surface area (Å²) in [6, 6.07) is 0.466. The van der Waals surface area contributed by atoms with Gasteiger partial charge in [-0.15, -0.1) is 0 Å². The Kier molecular flexibility index (Phi) is 5.53. The van der Waals surface area contributed by atoms with Crippen LogP contribution < -0.4 is 10.2 Å². The number of likely N-dealkylation sites (N-methyl/N-ethyl adjacent to an activating group) is 1. The van der Waals surface area contributed by atoms with E-state index >= 15 is 0 Å². The van der Waals surface area contributed by atoms with Crippen molar-refractivity contribution in [3.05, 3.63) is 17.5 Å². The Morgan fingerprint density at radius 3 is 2.76 bits per heavy atom. The van der Waals surface area contributed by atoms with Gasteiger partial charge in [0.05, 0.1) is 0 Å². The minimum absolute atomic E-state index is 0.466. The van der Waals surface area contributed by atoms with E-state index in [-0.39, 0.29) is 0 Å². The maximum atomic E-state index is 4.73. The zero-order valence-electron chi connectivity index (χ0n) is 14.1. The molecule has 1 N–H and O–H groups in total. The number of piperazine rings is 1. The average molecular weight is 291 g/mol. The van der Waals surface area contributed by atoms with Gasteiger partial charge in [-0.1, -0.05) is 13.8 Å². The fraction of sp³-hybridized carbons (Fsp3) is 0.750. The van der Waals surface area contributed by atoms with Gasteiger partial charge in [0.15, 0.2) is 0 Å². The van der Waals surface area contributed by atoms with Gasteiger partial charge >= 0.3 is 0 Å². The molecular weight excluding hydrogens is 262 g/mol. The Morgan fingerprint density at radius 2 is 2.14 bits per heavy atom. The Hall–Kier alpha value is -1.20. The first-order chi connectivity index (χ1) is 9.97. The SMILES string of the molecule is Cc1nc(N2CCN(C)CC2C)ncc1CNCC(C)C. The molecule has 21 heavy (non-hydrogen) atoms. The normalized spacial score (nSPS) is 20.3. The summed E-state index contributed by atoms with van der Waals surface area (Å²) in [7, 11) is 2.17. The fourth-order valence-electron chi connectivity index (χ4n) is 2.72. The highest BCUT2D eigenvalue weighted by Crippen LogP contribution is 2.17. The van der Waals surface area contributed by atoms with Crippen molar-refractivity contribution in [1.29, 1.82) is 0 Å². The van der Waals surface area contributed by atoms with Gasteiger partial charge in [0, 0.05) is 49.7 Å². The number of rotatable bonds is 5.